The van der Waals surface area contributed by atoms with Gasteiger partial charge < -0.3 is 29.7 Å². The molecule has 1 aliphatic rings. The zero-order chi connectivity index (χ0) is 29.2. The fourth-order valence-corrected chi connectivity index (χ4v) is 4.27. The van der Waals surface area contributed by atoms with E-state index >= 15 is 0 Å². The van der Waals surface area contributed by atoms with Crippen molar-refractivity contribution in [3.63, 3.8) is 0 Å². The highest BCUT2D eigenvalue weighted by Gasteiger charge is 2.27. The Morgan fingerprint density at radius 2 is 1.71 bits per heavy atom. The Morgan fingerprint density at radius 1 is 1.00 bits per heavy atom. The zero-order valence-electron chi connectivity index (χ0n) is 23.7. The second-order valence-corrected chi connectivity index (χ2v) is 10.8. The third-order valence-electron chi connectivity index (χ3n) is 6.32. The molecule has 0 aromatic heterocycles. The molecule has 0 atom stereocenters. The molecule has 1 heterocycles. The van der Waals surface area contributed by atoms with Crippen LogP contribution in [0.25, 0.3) is 0 Å². The van der Waals surface area contributed by atoms with Gasteiger partial charge in [-0.1, -0.05) is 30.3 Å². The molecule has 0 spiro atoms. The van der Waals surface area contributed by atoms with E-state index in [4.69, 9.17) is 14.2 Å². The highest BCUT2D eigenvalue weighted by Crippen LogP contribution is 2.27. The highest BCUT2D eigenvalue weighted by molar-refractivity contribution is 5.94. The third-order valence-corrected chi connectivity index (χ3v) is 6.32. The zero-order valence-corrected chi connectivity index (χ0v) is 23.7. The fourth-order valence-electron chi connectivity index (χ4n) is 4.27. The number of hydrogen-bond donors (Lipinski definition) is 2. The van der Waals surface area contributed by atoms with Gasteiger partial charge in [-0.3, -0.25) is 4.79 Å². The first-order chi connectivity index (χ1) is 19.7. The number of nitriles is 1. The second kappa shape index (κ2) is 13.6. The van der Waals surface area contributed by atoms with Gasteiger partial charge in [-0.25, -0.2) is 4.79 Å². The van der Waals surface area contributed by atoms with Crippen molar-refractivity contribution in [2.45, 2.75) is 51.9 Å². The van der Waals surface area contributed by atoms with E-state index in [1.54, 1.807) is 35.2 Å². The number of nitrogens with zero attached hydrogens (tertiary/aromatic N) is 2. The molecule has 9 nitrogen and oxygen atoms in total. The number of carbonyl (C=O) groups is 2. The topological polar surface area (TPSA) is 113 Å². The molecule has 0 bridgehead atoms. The van der Waals surface area contributed by atoms with Gasteiger partial charge >= 0.3 is 6.09 Å². The van der Waals surface area contributed by atoms with E-state index in [1.165, 1.54) is 0 Å². The Labute approximate surface area is 241 Å². The molecule has 2 N–H and O–H groups in total. The van der Waals surface area contributed by atoms with Gasteiger partial charge in [-0.15, -0.1) is 0 Å². The van der Waals surface area contributed by atoms with Crippen LogP contribution < -0.4 is 20.1 Å². The summed E-state index contributed by atoms with van der Waals surface area (Å²) in [6.45, 7) is 7.09. The van der Waals surface area contributed by atoms with E-state index < -0.39 is 5.60 Å². The molecule has 214 valence electrons. The molecule has 3 aromatic carbocycles. The Bertz CT molecular complexity index is 1360. The summed E-state index contributed by atoms with van der Waals surface area (Å²) in [5.41, 5.74) is 2.16. The summed E-state index contributed by atoms with van der Waals surface area (Å²) in [5.74, 6) is 1.01. The molecule has 0 radical (unpaired) electrons. The number of likely N-dealkylation sites (tertiary alicyclic amines) is 1. The van der Waals surface area contributed by atoms with Crippen LogP contribution in [0.3, 0.4) is 0 Å². The van der Waals surface area contributed by atoms with Gasteiger partial charge in [0, 0.05) is 31.6 Å². The molecular weight excluding hydrogens is 520 g/mol. The number of ether oxygens (including phenoxy) is 3. The predicted octanol–water partition coefficient (Wildman–Crippen LogP) is 5.97. The van der Waals surface area contributed by atoms with Crippen LogP contribution >= 0.6 is 0 Å². The molecule has 4 rings (SSSR count). The van der Waals surface area contributed by atoms with Crippen LogP contribution in [0.15, 0.2) is 72.8 Å². The van der Waals surface area contributed by atoms with Crippen molar-refractivity contribution < 1.29 is 23.8 Å². The van der Waals surface area contributed by atoms with E-state index in [1.807, 2.05) is 63.2 Å². The number of benzene rings is 3. The van der Waals surface area contributed by atoms with Crippen molar-refractivity contribution in [3.05, 3.63) is 83.9 Å². The fraction of sp³-hybridized carbons (Fsp3) is 0.344. The van der Waals surface area contributed by atoms with Gasteiger partial charge in [0.2, 0.25) is 5.91 Å². The van der Waals surface area contributed by atoms with Gasteiger partial charge in [0.05, 0.1) is 23.9 Å². The molecule has 0 aliphatic carbocycles. The first-order valence-electron chi connectivity index (χ1n) is 13.7. The van der Waals surface area contributed by atoms with Crippen LogP contribution in [-0.2, 0) is 16.1 Å². The van der Waals surface area contributed by atoms with E-state index in [0.29, 0.717) is 61.0 Å². The maximum atomic E-state index is 12.7. The highest BCUT2D eigenvalue weighted by atomic mass is 16.6. The molecule has 1 aliphatic heterocycles. The van der Waals surface area contributed by atoms with Crippen molar-refractivity contribution in [1.29, 1.82) is 5.26 Å². The summed E-state index contributed by atoms with van der Waals surface area (Å²) in [5, 5.41) is 15.2. The maximum Gasteiger partial charge on any atom is 0.410 e. The van der Waals surface area contributed by atoms with Crippen molar-refractivity contribution in [2.75, 3.05) is 30.3 Å². The number of hydrogen-bond acceptors (Lipinski definition) is 7. The Morgan fingerprint density at radius 3 is 2.37 bits per heavy atom. The van der Waals surface area contributed by atoms with Crippen LogP contribution in [0.5, 0.6) is 11.5 Å². The van der Waals surface area contributed by atoms with Gasteiger partial charge in [-0.2, -0.15) is 5.26 Å². The SMILES string of the molecule is CC(C)(C)OC(=O)N1CCC(Oc2ccc(NC(=O)CNc3cc(C#N)ccc3OCc3ccccc3)cc2)CC1. The summed E-state index contributed by atoms with van der Waals surface area (Å²) in [6.07, 6.45) is 1.14. The largest absolute Gasteiger partial charge is 0.490 e. The molecular formula is C32H36N4O5. The lowest BCUT2D eigenvalue weighted by atomic mass is 10.1. The molecule has 9 heteroatoms. The molecule has 0 saturated carbocycles. The lowest BCUT2D eigenvalue weighted by Gasteiger charge is -2.33. The van der Waals surface area contributed by atoms with Crippen molar-refractivity contribution in [2.24, 2.45) is 0 Å². The second-order valence-electron chi connectivity index (χ2n) is 10.8. The molecule has 1 fully saturated rings. The van der Waals surface area contributed by atoms with Crippen LogP contribution in [0, 0.1) is 11.3 Å². The van der Waals surface area contributed by atoms with Gasteiger partial charge in [-0.05, 0) is 68.8 Å². The van der Waals surface area contributed by atoms with Crippen molar-refractivity contribution in [3.8, 4) is 17.6 Å². The Kier molecular flexibility index (Phi) is 9.69. The maximum absolute atomic E-state index is 12.7. The van der Waals surface area contributed by atoms with Crippen LogP contribution in [-0.4, -0.2) is 48.2 Å². The lowest BCUT2D eigenvalue weighted by Crippen LogP contribution is -2.44. The third kappa shape index (κ3) is 9.17. The summed E-state index contributed by atoms with van der Waals surface area (Å²) in [6, 6.07) is 24.1. The smallest absolute Gasteiger partial charge is 0.410 e. The van der Waals surface area contributed by atoms with E-state index in [0.717, 1.165) is 5.56 Å². The van der Waals surface area contributed by atoms with Crippen molar-refractivity contribution in [1.82, 2.24) is 4.90 Å². The quantitative estimate of drug-likeness (QED) is 0.334. The number of carbonyl (C=O) groups excluding carboxylic acids is 2. The van der Waals surface area contributed by atoms with Crippen LogP contribution in [0.1, 0.15) is 44.7 Å². The Balaban J connectivity index is 1.24. The Hall–Kier alpha value is -4.71. The number of nitrogens with one attached hydrogen (secondary N) is 2. The van der Waals surface area contributed by atoms with E-state index in [2.05, 4.69) is 16.7 Å². The summed E-state index contributed by atoms with van der Waals surface area (Å²) >= 11 is 0. The average molecular weight is 557 g/mol. The predicted molar refractivity (Wildman–Crippen MR) is 157 cm³/mol. The monoisotopic (exact) mass is 556 g/mol. The van der Waals surface area contributed by atoms with E-state index in [-0.39, 0.29) is 24.6 Å². The van der Waals surface area contributed by atoms with Crippen molar-refractivity contribution >= 4 is 23.4 Å². The molecule has 0 unspecified atom stereocenters. The standard InChI is InChI=1S/C32H36N4O5/c1-32(2,3)41-31(38)36-17-15-27(16-18-36)40-26-12-10-25(11-13-26)35-30(37)21-34-28-19-24(20-33)9-14-29(28)39-22-23-7-5-4-6-8-23/h4-14,19,27,34H,15-18,21-22H2,1-3H3,(H,35,37). The molecule has 1 saturated heterocycles. The minimum atomic E-state index is -0.514. The normalized spacial score (nSPS) is 13.6. The summed E-state index contributed by atoms with van der Waals surface area (Å²) in [4.78, 5) is 26.6. The van der Waals surface area contributed by atoms with Crippen LogP contribution in [0.2, 0.25) is 0 Å². The number of rotatable bonds is 9. The lowest BCUT2D eigenvalue weighted by molar-refractivity contribution is -0.114. The number of amides is 2. The summed E-state index contributed by atoms with van der Waals surface area (Å²) in [7, 11) is 0. The average Bonchev–Trinajstić information content (AvgIpc) is 2.96. The van der Waals surface area contributed by atoms with Gasteiger partial charge in [0.15, 0.2) is 0 Å². The molecule has 41 heavy (non-hydrogen) atoms. The first-order valence-corrected chi connectivity index (χ1v) is 13.7. The number of anilines is 2. The summed E-state index contributed by atoms with van der Waals surface area (Å²) < 4.78 is 17.5. The van der Waals surface area contributed by atoms with Gasteiger partial charge in [0.1, 0.15) is 29.8 Å². The molecule has 2 amide bonds. The van der Waals surface area contributed by atoms with E-state index in [9.17, 15) is 14.9 Å². The first kappa shape index (κ1) is 29.3. The van der Waals surface area contributed by atoms with Crippen LogP contribution in [0.4, 0.5) is 16.2 Å². The number of piperidine rings is 1. The van der Waals surface area contributed by atoms with Gasteiger partial charge in [0.25, 0.3) is 0 Å². The minimum Gasteiger partial charge on any atom is -0.490 e. The minimum absolute atomic E-state index is 0.000748. The molecule has 3 aromatic rings.